The molecule has 0 aliphatic rings. The quantitative estimate of drug-likeness (QED) is 0.467. The Kier molecular flexibility index (Phi) is 9.71. The fourth-order valence-electron chi connectivity index (χ4n) is 0.333. The molecule has 2 heteroatoms. The van der Waals surface area contributed by atoms with Crippen molar-refractivity contribution < 1.29 is 4.74 Å². The first kappa shape index (κ1) is 10.5. The Morgan fingerprint density at radius 3 is 1.86 bits per heavy atom. The lowest BCUT2D eigenvalue weighted by molar-refractivity contribution is 0.167. The fourth-order valence-corrected chi connectivity index (χ4v) is 0.333. The standard InChI is InChI=1S/C5H12O.Al.3H/c1-5(2)4-6-3;;;;/h5H,4H2,1-3H3;;;;. The van der Waals surface area contributed by atoms with E-state index >= 15 is 0 Å². The summed E-state index contributed by atoms with van der Waals surface area (Å²) < 4.78 is 4.80. The third-order valence-corrected chi connectivity index (χ3v) is 0.500. The fraction of sp³-hybridized carbons (Fsp3) is 1.00. The SMILES string of the molecule is COCC(C)C.[AlH3]. The Balaban J connectivity index is 0. The van der Waals surface area contributed by atoms with E-state index in [-0.39, 0.29) is 17.4 Å². The molecule has 0 spiro atoms. The van der Waals surface area contributed by atoms with E-state index in [4.69, 9.17) is 4.74 Å². The number of hydrogen-bond donors (Lipinski definition) is 0. The zero-order valence-electron chi connectivity index (χ0n) is 4.69. The molecule has 0 aromatic rings. The summed E-state index contributed by atoms with van der Waals surface area (Å²) in [7, 11) is 1.72. The largest absolute Gasteiger partial charge is 0.384 e. The minimum Gasteiger partial charge on any atom is -0.384 e. The first-order valence-corrected chi connectivity index (χ1v) is 2.26. The number of rotatable bonds is 2. The summed E-state index contributed by atoms with van der Waals surface area (Å²) in [6.45, 7) is 5.13. The van der Waals surface area contributed by atoms with E-state index in [1.54, 1.807) is 7.11 Å². The predicted octanol–water partition coefficient (Wildman–Crippen LogP) is 0.105. The number of methoxy groups -OCH3 is 1. The monoisotopic (exact) mass is 118 g/mol. The smallest absolute Gasteiger partial charge is 0.187 e. The highest BCUT2D eigenvalue weighted by atomic mass is 27.0. The van der Waals surface area contributed by atoms with E-state index in [0.717, 1.165) is 6.61 Å². The van der Waals surface area contributed by atoms with Crippen LogP contribution in [-0.4, -0.2) is 31.1 Å². The topological polar surface area (TPSA) is 9.23 Å². The third kappa shape index (κ3) is 10.7. The van der Waals surface area contributed by atoms with E-state index in [1.807, 2.05) is 0 Å². The molecular formula is C5H15AlO. The maximum Gasteiger partial charge on any atom is 0.187 e. The molecule has 0 atom stereocenters. The van der Waals surface area contributed by atoms with Crippen molar-refractivity contribution in [2.45, 2.75) is 13.8 Å². The van der Waals surface area contributed by atoms with Gasteiger partial charge in [0.2, 0.25) is 0 Å². The maximum absolute atomic E-state index is 4.80. The molecule has 7 heavy (non-hydrogen) atoms. The second-order valence-corrected chi connectivity index (χ2v) is 1.85. The van der Waals surface area contributed by atoms with Gasteiger partial charge in [0, 0.05) is 13.7 Å². The molecule has 0 bridgehead atoms. The summed E-state index contributed by atoms with van der Waals surface area (Å²) >= 11 is 0. The Morgan fingerprint density at radius 2 is 1.86 bits per heavy atom. The van der Waals surface area contributed by atoms with Gasteiger partial charge >= 0.3 is 0 Å². The van der Waals surface area contributed by atoms with Crippen LogP contribution in [0.2, 0.25) is 0 Å². The second-order valence-electron chi connectivity index (χ2n) is 1.85. The first-order chi connectivity index (χ1) is 2.77. The number of hydrogen-bond acceptors (Lipinski definition) is 1. The third-order valence-electron chi connectivity index (χ3n) is 0.500. The summed E-state index contributed by atoms with van der Waals surface area (Å²) in [5.74, 6) is 0.676. The van der Waals surface area contributed by atoms with Crippen molar-refractivity contribution in [3.05, 3.63) is 0 Å². The first-order valence-electron chi connectivity index (χ1n) is 2.26. The van der Waals surface area contributed by atoms with Crippen LogP contribution in [0.3, 0.4) is 0 Å². The summed E-state index contributed by atoms with van der Waals surface area (Å²) in [5, 5.41) is 0. The van der Waals surface area contributed by atoms with Crippen LogP contribution in [0.15, 0.2) is 0 Å². The lowest BCUT2D eigenvalue weighted by Crippen LogP contribution is -1.96. The average molecular weight is 118 g/mol. The van der Waals surface area contributed by atoms with Crippen LogP contribution < -0.4 is 0 Å². The highest BCUT2D eigenvalue weighted by Gasteiger charge is 1.85. The van der Waals surface area contributed by atoms with Gasteiger partial charge in [-0.25, -0.2) is 0 Å². The van der Waals surface area contributed by atoms with Gasteiger partial charge in [-0.05, 0) is 5.92 Å². The van der Waals surface area contributed by atoms with Crippen molar-refractivity contribution in [2.75, 3.05) is 13.7 Å². The van der Waals surface area contributed by atoms with Crippen molar-refractivity contribution in [1.29, 1.82) is 0 Å². The molecule has 1 nitrogen and oxygen atoms in total. The van der Waals surface area contributed by atoms with Crippen LogP contribution in [0, 0.1) is 5.92 Å². The lowest BCUT2D eigenvalue weighted by atomic mass is 10.2. The normalized spacial score (nSPS) is 8.57. The molecule has 0 amide bonds. The molecule has 0 saturated heterocycles. The van der Waals surface area contributed by atoms with Gasteiger partial charge in [-0.1, -0.05) is 13.8 Å². The van der Waals surface area contributed by atoms with E-state index in [9.17, 15) is 0 Å². The lowest BCUT2D eigenvalue weighted by Gasteiger charge is -1.97. The summed E-state index contributed by atoms with van der Waals surface area (Å²) in [4.78, 5) is 0. The van der Waals surface area contributed by atoms with Gasteiger partial charge in [-0.15, -0.1) is 0 Å². The van der Waals surface area contributed by atoms with E-state index in [2.05, 4.69) is 13.8 Å². The molecule has 0 saturated carbocycles. The minimum atomic E-state index is 0. The average Bonchev–Trinajstić information content (AvgIpc) is 1.35. The van der Waals surface area contributed by atoms with Crippen molar-refractivity contribution in [2.24, 2.45) is 5.92 Å². The van der Waals surface area contributed by atoms with Crippen LogP contribution >= 0.6 is 0 Å². The Bertz CT molecular complexity index is 29.3. The zero-order valence-corrected chi connectivity index (χ0v) is 4.69. The molecule has 0 aliphatic carbocycles. The Morgan fingerprint density at radius 1 is 1.43 bits per heavy atom. The highest BCUT2D eigenvalue weighted by molar-refractivity contribution is 5.75. The second kappa shape index (κ2) is 6.49. The van der Waals surface area contributed by atoms with Crippen LogP contribution in [0.25, 0.3) is 0 Å². The molecule has 0 heterocycles. The van der Waals surface area contributed by atoms with Crippen molar-refractivity contribution in [1.82, 2.24) is 0 Å². The molecule has 44 valence electrons. The molecule has 0 aliphatic heterocycles. The van der Waals surface area contributed by atoms with Gasteiger partial charge in [-0.3, -0.25) is 0 Å². The van der Waals surface area contributed by atoms with Crippen LogP contribution in [0.5, 0.6) is 0 Å². The summed E-state index contributed by atoms with van der Waals surface area (Å²) in [6, 6.07) is 0. The molecule has 0 rings (SSSR count). The van der Waals surface area contributed by atoms with Crippen molar-refractivity contribution in [3.8, 4) is 0 Å². The van der Waals surface area contributed by atoms with Crippen LogP contribution in [0.4, 0.5) is 0 Å². The molecule has 0 radical (unpaired) electrons. The predicted molar refractivity (Wildman–Crippen MR) is 36.7 cm³/mol. The van der Waals surface area contributed by atoms with Gasteiger partial charge in [0.25, 0.3) is 0 Å². The van der Waals surface area contributed by atoms with E-state index in [1.165, 1.54) is 0 Å². The molecule has 0 aromatic carbocycles. The van der Waals surface area contributed by atoms with Gasteiger partial charge in [0.1, 0.15) is 0 Å². The highest BCUT2D eigenvalue weighted by Crippen LogP contribution is 1.88. The van der Waals surface area contributed by atoms with Gasteiger partial charge in [0.05, 0.1) is 0 Å². The van der Waals surface area contributed by atoms with Crippen molar-refractivity contribution in [3.63, 3.8) is 0 Å². The molecule has 0 N–H and O–H groups in total. The molecule has 0 fully saturated rings. The minimum absolute atomic E-state index is 0. The molecule has 0 unspecified atom stereocenters. The van der Waals surface area contributed by atoms with Crippen LogP contribution in [-0.2, 0) is 4.74 Å². The number of ether oxygens (including phenoxy) is 1. The van der Waals surface area contributed by atoms with Crippen molar-refractivity contribution >= 4 is 17.4 Å². The van der Waals surface area contributed by atoms with Crippen LogP contribution in [0.1, 0.15) is 13.8 Å². The molecular weight excluding hydrogens is 103 g/mol. The summed E-state index contributed by atoms with van der Waals surface area (Å²) in [6.07, 6.45) is 0. The van der Waals surface area contributed by atoms with Gasteiger partial charge in [-0.2, -0.15) is 0 Å². The summed E-state index contributed by atoms with van der Waals surface area (Å²) in [5.41, 5.74) is 0. The van der Waals surface area contributed by atoms with Gasteiger partial charge < -0.3 is 4.74 Å². The van der Waals surface area contributed by atoms with E-state index < -0.39 is 0 Å². The zero-order chi connectivity index (χ0) is 4.99. The maximum atomic E-state index is 4.80. The van der Waals surface area contributed by atoms with E-state index in [0.29, 0.717) is 5.92 Å². The molecule has 0 aromatic heterocycles. The Labute approximate surface area is 56.2 Å². The Hall–Kier alpha value is 0.492. The van der Waals surface area contributed by atoms with Gasteiger partial charge in [0.15, 0.2) is 17.4 Å².